The van der Waals surface area contributed by atoms with E-state index in [0.29, 0.717) is 6.54 Å². The van der Waals surface area contributed by atoms with Gasteiger partial charge in [0.2, 0.25) is 5.91 Å². The lowest BCUT2D eigenvalue weighted by Crippen LogP contribution is -2.22. The summed E-state index contributed by atoms with van der Waals surface area (Å²) in [5, 5.41) is 2.75. The molecule has 0 aromatic heterocycles. The van der Waals surface area contributed by atoms with Gasteiger partial charge in [-0.15, -0.1) is 0 Å². The van der Waals surface area contributed by atoms with Crippen LogP contribution in [0.2, 0.25) is 0 Å². The van der Waals surface area contributed by atoms with Crippen LogP contribution >= 0.6 is 0 Å². The lowest BCUT2D eigenvalue weighted by molar-refractivity contribution is -0.118. The number of carbonyl (C=O) groups is 2. The molecule has 0 atom stereocenters. The van der Waals surface area contributed by atoms with Crippen molar-refractivity contribution in [3.63, 3.8) is 0 Å². The molecular weight excluding hydrogens is 214 g/mol. The summed E-state index contributed by atoms with van der Waals surface area (Å²) >= 11 is 0. The number of hydrogen-bond donors (Lipinski definition) is 1. The molecule has 0 heterocycles. The summed E-state index contributed by atoms with van der Waals surface area (Å²) in [7, 11) is 0. The molecule has 0 unspecified atom stereocenters. The van der Waals surface area contributed by atoms with Crippen molar-refractivity contribution >= 4 is 11.7 Å². The fraction of sp³-hybridized carbons (Fsp3) is 0.429. The minimum Gasteiger partial charge on any atom is -0.356 e. The fourth-order valence-corrected chi connectivity index (χ4v) is 1.80. The maximum atomic E-state index is 11.8. The van der Waals surface area contributed by atoms with Gasteiger partial charge in [0.25, 0.3) is 0 Å². The lowest BCUT2D eigenvalue weighted by atomic mass is 10.0. The Kier molecular flexibility index (Phi) is 3.57. The number of amides is 1. The van der Waals surface area contributed by atoms with Gasteiger partial charge in [-0.2, -0.15) is 0 Å². The summed E-state index contributed by atoms with van der Waals surface area (Å²) in [6, 6.07) is 7.72. The minimum atomic E-state index is -0.00877. The average Bonchev–Trinajstić information content (AvgIpc) is 3.12. The second-order valence-corrected chi connectivity index (χ2v) is 4.57. The number of hydrogen-bond acceptors (Lipinski definition) is 2. The van der Waals surface area contributed by atoms with Crippen molar-refractivity contribution in [3.05, 3.63) is 35.4 Å². The third-order valence-electron chi connectivity index (χ3n) is 2.97. The number of rotatable bonds is 5. The van der Waals surface area contributed by atoms with E-state index in [0.717, 1.165) is 30.4 Å². The zero-order valence-electron chi connectivity index (χ0n) is 10.0. The third-order valence-corrected chi connectivity index (χ3v) is 2.97. The molecule has 1 amide bonds. The summed E-state index contributed by atoms with van der Waals surface area (Å²) in [5.74, 6) is 0.546. The first-order chi connectivity index (χ1) is 8.16. The Balaban J connectivity index is 1.88. The summed E-state index contributed by atoms with van der Waals surface area (Å²) in [4.78, 5) is 22.5. The highest BCUT2D eigenvalue weighted by molar-refractivity contribution is 5.99. The fourth-order valence-electron chi connectivity index (χ4n) is 1.80. The van der Waals surface area contributed by atoms with E-state index in [9.17, 15) is 9.59 Å². The zero-order valence-corrected chi connectivity index (χ0v) is 10.0. The molecule has 0 radical (unpaired) electrons. The molecule has 1 N–H and O–H groups in total. The van der Waals surface area contributed by atoms with Gasteiger partial charge in [0.1, 0.15) is 0 Å². The van der Waals surface area contributed by atoms with Crippen LogP contribution in [0.3, 0.4) is 0 Å². The molecule has 2 rings (SSSR count). The van der Waals surface area contributed by atoms with Crippen LogP contribution in [-0.2, 0) is 11.2 Å². The van der Waals surface area contributed by atoms with Crippen LogP contribution in [0.4, 0.5) is 0 Å². The highest BCUT2D eigenvalue weighted by Crippen LogP contribution is 2.32. The predicted octanol–water partition coefficient (Wildman–Crippen LogP) is 1.96. The molecule has 1 aliphatic carbocycles. The van der Waals surface area contributed by atoms with Crippen LogP contribution < -0.4 is 5.32 Å². The standard InChI is InChI=1S/C14H17NO2/c1-10(16)15-9-8-11-2-4-12(5-3-11)14(17)13-6-7-13/h2-5,13H,6-9H2,1H3,(H,15,16). The molecule has 0 bridgehead atoms. The molecule has 0 saturated heterocycles. The molecule has 1 aromatic rings. The summed E-state index contributed by atoms with van der Waals surface area (Å²) in [6.45, 7) is 2.16. The monoisotopic (exact) mass is 231 g/mol. The molecule has 1 fully saturated rings. The Labute approximate surface area is 101 Å². The molecule has 1 saturated carbocycles. The Hall–Kier alpha value is -1.64. The third kappa shape index (κ3) is 3.41. The van der Waals surface area contributed by atoms with E-state index < -0.39 is 0 Å². The van der Waals surface area contributed by atoms with Crippen LogP contribution in [0.5, 0.6) is 0 Å². The van der Waals surface area contributed by atoms with Gasteiger partial charge in [-0.3, -0.25) is 9.59 Å². The van der Waals surface area contributed by atoms with Gasteiger partial charge in [-0.25, -0.2) is 0 Å². The molecule has 3 heteroatoms. The summed E-state index contributed by atoms with van der Waals surface area (Å²) in [5.41, 5.74) is 1.96. The Morgan fingerprint density at radius 3 is 2.41 bits per heavy atom. The minimum absolute atomic E-state index is 0.00877. The van der Waals surface area contributed by atoms with Crippen molar-refractivity contribution in [3.8, 4) is 0 Å². The molecule has 1 aliphatic rings. The molecule has 1 aromatic carbocycles. The van der Waals surface area contributed by atoms with Gasteiger partial charge in [-0.1, -0.05) is 24.3 Å². The SMILES string of the molecule is CC(=O)NCCc1ccc(C(=O)C2CC2)cc1. The number of Topliss-reactive ketones (excluding diaryl/α,β-unsaturated/α-hetero) is 1. The first-order valence-electron chi connectivity index (χ1n) is 6.04. The van der Waals surface area contributed by atoms with Crippen LogP contribution in [0, 0.1) is 5.92 Å². The van der Waals surface area contributed by atoms with Crippen molar-refractivity contribution < 1.29 is 9.59 Å². The topological polar surface area (TPSA) is 46.2 Å². The predicted molar refractivity (Wildman–Crippen MR) is 65.9 cm³/mol. The summed E-state index contributed by atoms with van der Waals surface area (Å²) < 4.78 is 0. The quantitative estimate of drug-likeness (QED) is 0.787. The van der Waals surface area contributed by atoms with Crippen molar-refractivity contribution in [1.29, 1.82) is 0 Å². The Morgan fingerprint density at radius 2 is 1.88 bits per heavy atom. The highest BCUT2D eigenvalue weighted by atomic mass is 16.1. The van der Waals surface area contributed by atoms with Gasteiger partial charge in [-0.05, 0) is 24.8 Å². The van der Waals surface area contributed by atoms with Crippen LogP contribution in [0.25, 0.3) is 0 Å². The van der Waals surface area contributed by atoms with Crippen LogP contribution in [0.1, 0.15) is 35.7 Å². The summed E-state index contributed by atoms with van der Waals surface area (Å²) in [6.07, 6.45) is 2.89. The smallest absolute Gasteiger partial charge is 0.216 e. The maximum Gasteiger partial charge on any atom is 0.216 e. The Bertz CT molecular complexity index is 418. The van der Waals surface area contributed by atoms with Crippen molar-refractivity contribution in [2.24, 2.45) is 5.92 Å². The number of nitrogens with one attached hydrogen (secondary N) is 1. The Morgan fingerprint density at radius 1 is 1.24 bits per heavy atom. The molecule has 90 valence electrons. The van der Waals surface area contributed by atoms with Crippen molar-refractivity contribution in [1.82, 2.24) is 5.32 Å². The van der Waals surface area contributed by atoms with Crippen molar-refractivity contribution in [2.75, 3.05) is 6.54 Å². The molecule has 0 aliphatic heterocycles. The van der Waals surface area contributed by atoms with E-state index in [-0.39, 0.29) is 17.6 Å². The van der Waals surface area contributed by atoms with Gasteiger partial charge in [0, 0.05) is 24.9 Å². The lowest BCUT2D eigenvalue weighted by Gasteiger charge is -2.04. The van der Waals surface area contributed by atoms with E-state index in [4.69, 9.17) is 0 Å². The highest BCUT2D eigenvalue weighted by Gasteiger charge is 2.30. The normalized spacial score (nSPS) is 14.4. The average molecular weight is 231 g/mol. The second-order valence-electron chi connectivity index (χ2n) is 4.57. The van der Waals surface area contributed by atoms with Gasteiger partial charge < -0.3 is 5.32 Å². The molecular formula is C14H17NO2. The number of ketones is 1. The van der Waals surface area contributed by atoms with Gasteiger partial charge in [0.15, 0.2) is 5.78 Å². The van der Waals surface area contributed by atoms with E-state index >= 15 is 0 Å². The zero-order chi connectivity index (χ0) is 12.3. The second kappa shape index (κ2) is 5.13. The largest absolute Gasteiger partial charge is 0.356 e. The molecule has 3 nitrogen and oxygen atoms in total. The van der Waals surface area contributed by atoms with Crippen LogP contribution in [-0.4, -0.2) is 18.2 Å². The maximum absolute atomic E-state index is 11.8. The van der Waals surface area contributed by atoms with E-state index in [1.165, 1.54) is 6.92 Å². The first kappa shape index (κ1) is 11.8. The number of benzene rings is 1. The van der Waals surface area contributed by atoms with Gasteiger partial charge >= 0.3 is 0 Å². The van der Waals surface area contributed by atoms with E-state index in [1.54, 1.807) is 0 Å². The first-order valence-corrected chi connectivity index (χ1v) is 6.04. The van der Waals surface area contributed by atoms with E-state index in [2.05, 4.69) is 5.32 Å². The van der Waals surface area contributed by atoms with E-state index in [1.807, 2.05) is 24.3 Å². The number of carbonyl (C=O) groups excluding carboxylic acids is 2. The van der Waals surface area contributed by atoms with Crippen molar-refractivity contribution in [2.45, 2.75) is 26.2 Å². The molecule has 0 spiro atoms. The van der Waals surface area contributed by atoms with Crippen LogP contribution in [0.15, 0.2) is 24.3 Å². The van der Waals surface area contributed by atoms with Gasteiger partial charge in [0.05, 0.1) is 0 Å². The molecule has 17 heavy (non-hydrogen) atoms.